The summed E-state index contributed by atoms with van der Waals surface area (Å²) in [5.74, 6) is 0.118. The van der Waals surface area contributed by atoms with Crippen LogP contribution in [0.1, 0.15) is 39.3 Å². The fraction of sp³-hybridized carbons (Fsp3) is 0.381. The maximum Gasteiger partial charge on any atom is 0.239 e. The number of hydrogen-bond donors (Lipinski definition) is 1. The second kappa shape index (κ2) is 8.11. The van der Waals surface area contributed by atoms with Gasteiger partial charge in [0.2, 0.25) is 5.91 Å². The van der Waals surface area contributed by atoms with Crippen molar-refractivity contribution < 1.29 is 4.79 Å². The summed E-state index contributed by atoms with van der Waals surface area (Å²) in [6.45, 7) is 13.2. The average Bonchev–Trinajstić information content (AvgIpc) is 2.58. The highest BCUT2D eigenvalue weighted by molar-refractivity contribution is 5.86. The summed E-state index contributed by atoms with van der Waals surface area (Å²) in [4.78, 5) is 14.5. The van der Waals surface area contributed by atoms with Crippen LogP contribution in [-0.2, 0) is 4.79 Å². The van der Waals surface area contributed by atoms with Crippen molar-refractivity contribution in [2.45, 2.75) is 39.8 Å². The topological polar surface area (TPSA) is 32.3 Å². The molecule has 0 aliphatic rings. The van der Waals surface area contributed by atoms with Crippen molar-refractivity contribution in [3.05, 3.63) is 60.2 Å². The van der Waals surface area contributed by atoms with Crippen molar-refractivity contribution in [2.75, 3.05) is 13.1 Å². The fourth-order valence-corrected chi connectivity index (χ4v) is 3.11. The summed E-state index contributed by atoms with van der Waals surface area (Å²) < 4.78 is 0. The van der Waals surface area contributed by atoms with E-state index in [0.717, 1.165) is 5.57 Å². The predicted molar refractivity (Wildman–Crippen MR) is 102 cm³/mol. The lowest BCUT2D eigenvalue weighted by Gasteiger charge is -2.27. The Kier molecular flexibility index (Phi) is 6.16. The van der Waals surface area contributed by atoms with E-state index in [1.807, 2.05) is 31.7 Å². The van der Waals surface area contributed by atoms with Gasteiger partial charge in [0.05, 0.1) is 6.04 Å². The number of carbonyl (C=O) groups excluding carboxylic acids is 1. The highest BCUT2D eigenvalue weighted by Gasteiger charge is 2.21. The van der Waals surface area contributed by atoms with Crippen LogP contribution in [0.25, 0.3) is 10.8 Å². The van der Waals surface area contributed by atoms with Crippen LogP contribution in [-0.4, -0.2) is 29.9 Å². The van der Waals surface area contributed by atoms with E-state index in [0.29, 0.717) is 13.1 Å². The molecule has 2 unspecified atom stereocenters. The average molecular weight is 324 g/mol. The number of benzene rings is 2. The molecule has 0 aromatic heterocycles. The van der Waals surface area contributed by atoms with Crippen molar-refractivity contribution >= 4 is 16.7 Å². The van der Waals surface area contributed by atoms with Crippen molar-refractivity contribution in [1.82, 2.24) is 10.2 Å². The Hall–Kier alpha value is -2.13. The van der Waals surface area contributed by atoms with Crippen molar-refractivity contribution in [2.24, 2.45) is 0 Å². The predicted octanol–water partition coefficient (Wildman–Crippen LogP) is 4.30. The van der Waals surface area contributed by atoms with Gasteiger partial charge in [0.1, 0.15) is 0 Å². The van der Waals surface area contributed by atoms with Crippen LogP contribution in [0, 0.1) is 0 Å². The summed E-state index contributed by atoms with van der Waals surface area (Å²) in [6.07, 6.45) is 0. The second-order valence-electron chi connectivity index (χ2n) is 6.49. The molecule has 1 N–H and O–H groups in total. The molecule has 0 aliphatic carbocycles. The third-order valence-corrected chi connectivity index (χ3v) is 4.31. The molecule has 2 atom stereocenters. The Morgan fingerprint density at radius 3 is 2.50 bits per heavy atom. The van der Waals surface area contributed by atoms with Gasteiger partial charge in [0.25, 0.3) is 0 Å². The molecule has 2 aromatic rings. The summed E-state index contributed by atoms with van der Waals surface area (Å²) in [7, 11) is 0. The lowest BCUT2D eigenvalue weighted by molar-refractivity contribution is -0.132. The van der Waals surface area contributed by atoms with Crippen molar-refractivity contribution in [1.29, 1.82) is 0 Å². The van der Waals surface area contributed by atoms with E-state index >= 15 is 0 Å². The molecule has 0 fully saturated rings. The van der Waals surface area contributed by atoms with E-state index < -0.39 is 0 Å². The molecule has 0 radical (unpaired) electrons. The zero-order chi connectivity index (χ0) is 17.7. The van der Waals surface area contributed by atoms with Crippen molar-refractivity contribution in [3.63, 3.8) is 0 Å². The molecule has 0 spiro atoms. The first kappa shape index (κ1) is 18.2. The monoisotopic (exact) mass is 324 g/mol. The van der Waals surface area contributed by atoms with Crippen LogP contribution in [0.3, 0.4) is 0 Å². The zero-order valence-corrected chi connectivity index (χ0v) is 15.2. The van der Waals surface area contributed by atoms with Gasteiger partial charge in [-0.25, -0.2) is 0 Å². The highest BCUT2D eigenvalue weighted by atomic mass is 16.2. The zero-order valence-electron chi connectivity index (χ0n) is 15.2. The van der Waals surface area contributed by atoms with Crippen LogP contribution < -0.4 is 5.32 Å². The Bertz CT molecular complexity index is 717. The molecule has 3 nitrogen and oxygen atoms in total. The Morgan fingerprint density at radius 1 is 1.17 bits per heavy atom. The third-order valence-electron chi connectivity index (χ3n) is 4.31. The van der Waals surface area contributed by atoms with E-state index in [1.165, 1.54) is 16.3 Å². The molecule has 0 saturated carbocycles. The Morgan fingerprint density at radius 2 is 1.83 bits per heavy atom. The number of amides is 1. The summed E-state index contributed by atoms with van der Waals surface area (Å²) in [5.41, 5.74) is 2.22. The molecule has 24 heavy (non-hydrogen) atoms. The van der Waals surface area contributed by atoms with E-state index in [-0.39, 0.29) is 18.0 Å². The van der Waals surface area contributed by atoms with Crippen LogP contribution >= 0.6 is 0 Å². The molecule has 0 saturated heterocycles. The summed E-state index contributed by atoms with van der Waals surface area (Å²) >= 11 is 0. The molecule has 2 rings (SSSR count). The number of rotatable bonds is 7. The van der Waals surface area contributed by atoms with Crippen LogP contribution in [0.15, 0.2) is 54.6 Å². The lowest BCUT2D eigenvalue weighted by atomic mass is 9.99. The van der Waals surface area contributed by atoms with Crippen molar-refractivity contribution in [3.8, 4) is 0 Å². The molecule has 128 valence electrons. The molecule has 2 aromatic carbocycles. The minimum absolute atomic E-state index is 0.0959. The minimum atomic E-state index is -0.238. The number of nitrogens with one attached hydrogen (secondary N) is 1. The van der Waals surface area contributed by atoms with E-state index in [9.17, 15) is 4.79 Å². The first-order chi connectivity index (χ1) is 11.4. The normalized spacial score (nSPS) is 13.5. The number of likely N-dealkylation sites (N-methyl/N-ethyl adjacent to an activating group) is 1. The number of carbonyl (C=O) groups is 1. The highest BCUT2D eigenvalue weighted by Crippen LogP contribution is 2.24. The van der Waals surface area contributed by atoms with Crippen LogP contribution in [0.4, 0.5) is 0 Å². The van der Waals surface area contributed by atoms with Gasteiger partial charge in [-0.3, -0.25) is 10.1 Å². The van der Waals surface area contributed by atoms with Gasteiger partial charge in [-0.05, 0) is 44.0 Å². The second-order valence-corrected chi connectivity index (χ2v) is 6.49. The molecular weight excluding hydrogens is 296 g/mol. The number of nitrogens with zero attached hydrogens (tertiary/aromatic N) is 1. The molecular formula is C21H28N2O. The third kappa shape index (κ3) is 4.24. The van der Waals surface area contributed by atoms with Gasteiger partial charge < -0.3 is 4.90 Å². The molecule has 3 heteroatoms. The maximum absolute atomic E-state index is 12.7. The quantitative estimate of drug-likeness (QED) is 0.770. The SMILES string of the molecule is C=C(C)CN(CC)C(=O)C(C)NC(C)c1cccc2ccccc12. The molecule has 0 heterocycles. The van der Waals surface area contributed by atoms with Crippen LogP contribution in [0.2, 0.25) is 0 Å². The fourth-order valence-electron chi connectivity index (χ4n) is 3.11. The number of fused-ring (bicyclic) bond motifs is 1. The van der Waals surface area contributed by atoms with Gasteiger partial charge in [-0.15, -0.1) is 0 Å². The lowest BCUT2D eigenvalue weighted by Crippen LogP contribution is -2.46. The van der Waals surface area contributed by atoms with Crippen LogP contribution in [0.5, 0.6) is 0 Å². The van der Waals surface area contributed by atoms with E-state index in [1.54, 1.807) is 0 Å². The Labute approximate surface area is 145 Å². The smallest absolute Gasteiger partial charge is 0.239 e. The van der Waals surface area contributed by atoms with Gasteiger partial charge >= 0.3 is 0 Å². The van der Waals surface area contributed by atoms with Gasteiger partial charge in [0.15, 0.2) is 0 Å². The van der Waals surface area contributed by atoms with E-state index in [2.05, 4.69) is 55.2 Å². The standard InChI is InChI=1S/C21H28N2O/c1-6-23(14-15(2)3)21(24)17(5)22-16(4)19-13-9-11-18-10-7-8-12-20(18)19/h7-13,16-17,22H,2,6,14H2,1,3-5H3. The van der Waals surface area contributed by atoms with Gasteiger partial charge in [-0.1, -0.05) is 54.6 Å². The van der Waals surface area contributed by atoms with Gasteiger partial charge in [-0.2, -0.15) is 0 Å². The largest absolute Gasteiger partial charge is 0.338 e. The van der Waals surface area contributed by atoms with E-state index in [4.69, 9.17) is 0 Å². The van der Waals surface area contributed by atoms with Gasteiger partial charge in [0, 0.05) is 19.1 Å². The summed E-state index contributed by atoms with van der Waals surface area (Å²) in [5, 5.41) is 5.91. The first-order valence-electron chi connectivity index (χ1n) is 8.61. The first-order valence-corrected chi connectivity index (χ1v) is 8.61. The minimum Gasteiger partial charge on any atom is -0.338 e. The number of hydrogen-bond acceptors (Lipinski definition) is 2. The molecule has 0 aliphatic heterocycles. The maximum atomic E-state index is 12.7. The Balaban J connectivity index is 2.14. The molecule has 0 bridgehead atoms. The molecule has 1 amide bonds. The summed E-state index contributed by atoms with van der Waals surface area (Å²) in [6, 6.07) is 14.5.